The number of nitrogens with one attached hydrogen (secondary N) is 1. The molecule has 3 heteroatoms. The molecule has 3 fully saturated rings. The van der Waals surface area contributed by atoms with Gasteiger partial charge in [-0.3, -0.25) is 10.1 Å². The second-order valence-electron chi connectivity index (χ2n) is 8.36. The summed E-state index contributed by atoms with van der Waals surface area (Å²) < 4.78 is 0. The van der Waals surface area contributed by atoms with Crippen LogP contribution in [0.3, 0.4) is 0 Å². The van der Waals surface area contributed by atoms with Crippen LogP contribution >= 0.6 is 0 Å². The number of rotatable bonds is 3. The quantitative estimate of drug-likeness (QED) is 0.857. The van der Waals surface area contributed by atoms with E-state index in [-0.39, 0.29) is 5.54 Å². The summed E-state index contributed by atoms with van der Waals surface area (Å²) in [5.74, 6) is 0.432. The van der Waals surface area contributed by atoms with Crippen LogP contribution in [0.15, 0.2) is 0 Å². The third-order valence-corrected chi connectivity index (χ3v) is 6.01. The minimum absolute atomic E-state index is 0.193. The van der Waals surface area contributed by atoms with Crippen LogP contribution in [-0.2, 0) is 4.79 Å². The Hall–Kier alpha value is -0.570. The van der Waals surface area contributed by atoms with Gasteiger partial charge in [-0.05, 0) is 43.9 Å². The van der Waals surface area contributed by atoms with Crippen LogP contribution < -0.4 is 5.32 Å². The van der Waals surface area contributed by atoms with Crippen molar-refractivity contribution in [1.29, 1.82) is 0 Å². The van der Waals surface area contributed by atoms with Crippen molar-refractivity contribution in [3.8, 4) is 0 Å². The van der Waals surface area contributed by atoms with Crippen LogP contribution in [0.5, 0.6) is 0 Å². The standard InChI is InChI=1S/C18H32N2O/c1-4-8-15-19-18(11-5-6-12-18)16(21)20(15)14-9-7-10-17(2,3)13-14/h14-15,19H,4-13H2,1-3H3. The monoisotopic (exact) mass is 292 g/mol. The minimum Gasteiger partial charge on any atom is -0.323 e. The Morgan fingerprint density at radius 3 is 2.52 bits per heavy atom. The average Bonchev–Trinajstić information content (AvgIpc) is 2.97. The molecule has 1 saturated heterocycles. The van der Waals surface area contributed by atoms with Gasteiger partial charge >= 0.3 is 0 Å². The number of amides is 1. The average molecular weight is 292 g/mol. The van der Waals surface area contributed by atoms with E-state index in [1.165, 1.54) is 38.5 Å². The van der Waals surface area contributed by atoms with E-state index in [2.05, 4.69) is 31.0 Å². The lowest BCUT2D eigenvalue weighted by Gasteiger charge is -2.42. The van der Waals surface area contributed by atoms with E-state index in [0.29, 0.717) is 23.5 Å². The van der Waals surface area contributed by atoms with Gasteiger partial charge < -0.3 is 4.90 Å². The van der Waals surface area contributed by atoms with E-state index >= 15 is 0 Å². The van der Waals surface area contributed by atoms with Crippen LogP contribution in [0.25, 0.3) is 0 Å². The molecular weight excluding hydrogens is 260 g/mol. The Balaban J connectivity index is 1.82. The zero-order valence-corrected chi connectivity index (χ0v) is 14.1. The normalized spacial score (nSPS) is 34.8. The highest BCUT2D eigenvalue weighted by atomic mass is 16.2. The smallest absolute Gasteiger partial charge is 0.244 e. The van der Waals surface area contributed by atoms with Gasteiger partial charge in [-0.1, -0.05) is 46.5 Å². The minimum atomic E-state index is -0.193. The van der Waals surface area contributed by atoms with E-state index in [4.69, 9.17) is 0 Å². The molecule has 2 atom stereocenters. The molecule has 3 rings (SSSR count). The van der Waals surface area contributed by atoms with Crippen LogP contribution in [0, 0.1) is 5.41 Å². The molecule has 1 aliphatic heterocycles. The second-order valence-corrected chi connectivity index (χ2v) is 8.36. The predicted octanol–water partition coefficient (Wildman–Crippen LogP) is 3.83. The summed E-state index contributed by atoms with van der Waals surface area (Å²) in [7, 11) is 0. The summed E-state index contributed by atoms with van der Waals surface area (Å²) in [5.41, 5.74) is 0.201. The fraction of sp³-hybridized carbons (Fsp3) is 0.944. The molecule has 1 spiro atoms. The van der Waals surface area contributed by atoms with Gasteiger partial charge in [0.1, 0.15) is 0 Å². The van der Waals surface area contributed by atoms with Crippen LogP contribution in [-0.4, -0.2) is 28.6 Å². The Labute approximate surface area is 129 Å². The van der Waals surface area contributed by atoms with Crippen molar-refractivity contribution in [2.75, 3.05) is 0 Å². The maximum absolute atomic E-state index is 13.2. The number of hydrogen-bond donors (Lipinski definition) is 1. The lowest BCUT2D eigenvalue weighted by Crippen LogP contribution is -2.48. The highest BCUT2D eigenvalue weighted by Gasteiger charge is 2.54. The molecule has 3 aliphatic rings. The van der Waals surface area contributed by atoms with E-state index in [1.807, 2.05) is 0 Å². The molecule has 120 valence electrons. The first-order valence-corrected chi connectivity index (χ1v) is 9.08. The molecule has 2 aliphatic carbocycles. The van der Waals surface area contributed by atoms with E-state index in [9.17, 15) is 4.79 Å². The molecule has 3 nitrogen and oxygen atoms in total. The number of nitrogens with zero attached hydrogens (tertiary/aromatic N) is 1. The maximum atomic E-state index is 13.2. The highest BCUT2D eigenvalue weighted by molar-refractivity contribution is 5.89. The lowest BCUT2D eigenvalue weighted by molar-refractivity contribution is -0.136. The zero-order chi connectivity index (χ0) is 15.1. The summed E-state index contributed by atoms with van der Waals surface area (Å²) >= 11 is 0. The first-order chi connectivity index (χ1) is 9.97. The number of hydrogen-bond acceptors (Lipinski definition) is 2. The Kier molecular flexibility index (Phi) is 4.06. The van der Waals surface area contributed by atoms with Crippen LogP contribution in [0.4, 0.5) is 0 Å². The van der Waals surface area contributed by atoms with E-state index in [1.54, 1.807) is 0 Å². The van der Waals surface area contributed by atoms with Gasteiger partial charge in [0.05, 0.1) is 11.7 Å². The molecule has 0 aromatic heterocycles. The van der Waals surface area contributed by atoms with Crippen molar-refractivity contribution < 1.29 is 4.79 Å². The topological polar surface area (TPSA) is 32.3 Å². The van der Waals surface area contributed by atoms with Crippen molar-refractivity contribution in [2.24, 2.45) is 5.41 Å². The van der Waals surface area contributed by atoms with Crippen molar-refractivity contribution in [1.82, 2.24) is 10.2 Å². The lowest BCUT2D eigenvalue weighted by atomic mass is 9.74. The van der Waals surface area contributed by atoms with Crippen LogP contribution in [0.1, 0.15) is 85.0 Å². The molecule has 1 N–H and O–H groups in total. The molecule has 0 radical (unpaired) electrons. The van der Waals surface area contributed by atoms with E-state index < -0.39 is 0 Å². The largest absolute Gasteiger partial charge is 0.323 e. The van der Waals surface area contributed by atoms with Gasteiger partial charge in [0, 0.05) is 6.04 Å². The molecule has 0 aromatic rings. The van der Waals surface area contributed by atoms with Crippen LogP contribution in [0.2, 0.25) is 0 Å². The molecule has 1 heterocycles. The summed E-state index contributed by atoms with van der Waals surface area (Å²) in [6.07, 6.45) is 12.0. The van der Waals surface area contributed by atoms with Crippen molar-refractivity contribution in [2.45, 2.75) is 103 Å². The van der Waals surface area contributed by atoms with Crippen molar-refractivity contribution >= 4 is 5.91 Å². The third-order valence-electron chi connectivity index (χ3n) is 6.01. The summed E-state index contributed by atoms with van der Waals surface area (Å²) in [4.78, 5) is 15.5. The fourth-order valence-corrected chi connectivity index (χ4v) is 4.98. The van der Waals surface area contributed by atoms with Gasteiger partial charge in [-0.25, -0.2) is 0 Å². The van der Waals surface area contributed by atoms with Crippen molar-refractivity contribution in [3.05, 3.63) is 0 Å². The molecular formula is C18H32N2O. The SMILES string of the molecule is CCCC1NC2(CCCC2)C(=O)N1C1CCCC(C)(C)C1. The molecule has 1 amide bonds. The summed E-state index contributed by atoms with van der Waals surface area (Å²) in [5, 5.41) is 3.77. The molecule has 0 bridgehead atoms. The fourth-order valence-electron chi connectivity index (χ4n) is 4.98. The highest BCUT2D eigenvalue weighted by Crippen LogP contribution is 2.43. The first-order valence-electron chi connectivity index (χ1n) is 9.08. The molecule has 21 heavy (non-hydrogen) atoms. The Morgan fingerprint density at radius 1 is 1.19 bits per heavy atom. The predicted molar refractivity (Wildman–Crippen MR) is 85.9 cm³/mol. The summed E-state index contributed by atoms with van der Waals surface area (Å²) in [6.45, 7) is 6.97. The third kappa shape index (κ3) is 2.74. The van der Waals surface area contributed by atoms with E-state index in [0.717, 1.165) is 25.7 Å². The maximum Gasteiger partial charge on any atom is 0.244 e. The number of carbonyl (C=O) groups excluding carboxylic acids is 1. The molecule has 2 saturated carbocycles. The molecule has 2 unspecified atom stereocenters. The van der Waals surface area contributed by atoms with Gasteiger partial charge in [0.25, 0.3) is 0 Å². The Morgan fingerprint density at radius 2 is 1.90 bits per heavy atom. The van der Waals surface area contributed by atoms with Gasteiger partial charge in [0.15, 0.2) is 0 Å². The van der Waals surface area contributed by atoms with Gasteiger partial charge in [-0.2, -0.15) is 0 Å². The summed E-state index contributed by atoms with van der Waals surface area (Å²) in [6, 6.07) is 0.463. The second kappa shape index (κ2) is 5.57. The van der Waals surface area contributed by atoms with Gasteiger partial charge in [0.2, 0.25) is 5.91 Å². The van der Waals surface area contributed by atoms with Crippen molar-refractivity contribution in [3.63, 3.8) is 0 Å². The Bertz CT molecular complexity index is 398. The number of carbonyl (C=O) groups is 1. The van der Waals surface area contributed by atoms with Gasteiger partial charge in [-0.15, -0.1) is 0 Å². The zero-order valence-electron chi connectivity index (χ0n) is 14.1. The first kappa shape index (κ1) is 15.3. The molecule has 0 aromatic carbocycles.